The van der Waals surface area contributed by atoms with Crippen molar-refractivity contribution in [3.8, 4) is 18.2 Å². The molecule has 1 saturated carbocycles. The lowest BCUT2D eigenvalue weighted by Gasteiger charge is -2.25. The minimum Gasteiger partial charge on any atom is -0.474 e. The zero-order valence-electron chi connectivity index (χ0n) is 7.36. The van der Waals surface area contributed by atoms with Gasteiger partial charge >= 0.3 is 0 Å². The fourth-order valence-corrected chi connectivity index (χ4v) is 1.19. The third kappa shape index (κ3) is 1.81. The predicted octanol–water partition coefficient (Wildman–Crippen LogP) is 1.99. The Morgan fingerprint density at radius 2 is 2.31 bits per heavy atom. The number of hydrogen-bond donors (Lipinski definition) is 0. The van der Waals surface area contributed by atoms with Crippen molar-refractivity contribution >= 4 is 0 Å². The summed E-state index contributed by atoms with van der Waals surface area (Å²) in [6.07, 6.45) is 10.8. The molecule has 0 aliphatic heterocycles. The van der Waals surface area contributed by atoms with Gasteiger partial charge < -0.3 is 4.74 Å². The zero-order chi connectivity index (χ0) is 9.10. The number of rotatable bonds is 2. The summed E-state index contributed by atoms with van der Waals surface area (Å²) in [5, 5.41) is 0. The maximum atomic E-state index is 5.57. The Balaban J connectivity index is 2.01. The van der Waals surface area contributed by atoms with E-state index in [9.17, 15) is 0 Å². The van der Waals surface area contributed by atoms with Crippen LogP contribution in [0.1, 0.15) is 24.8 Å². The van der Waals surface area contributed by atoms with E-state index in [2.05, 4.69) is 10.9 Å². The number of ether oxygens (including phenoxy) is 1. The highest BCUT2D eigenvalue weighted by atomic mass is 16.5. The van der Waals surface area contributed by atoms with E-state index in [-0.39, 0.29) is 0 Å². The Morgan fingerprint density at radius 3 is 2.77 bits per heavy atom. The van der Waals surface area contributed by atoms with Gasteiger partial charge in [-0.2, -0.15) is 0 Å². The van der Waals surface area contributed by atoms with Crippen molar-refractivity contribution in [2.75, 3.05) is 0 Å². The molecule has 0 unspecified atom stereocenters. The molecule has 66 valence electrons. The third-order valence-electron chi connectivity index (χ3n) is 2.24. The molecule has 0 aromatic carbocycles. The lowest BCUT2D eigenvalue weighted by Crippen LogP contribution is -2.24. The molecular formula is C11H11NO. The quantitative estimate of drug-likeness (QED) is 0.638. The van der Waals surface area contributed by atoms with Crippen LogP contribution in [0.3, 0.4) is 0 Å². The second-order valence-corrected chi connectivity index (χ2v) is 3.20. The van der Waals surface area contributed by atoms with E-state index < -0.39 is 0 Å². The van der Waals surface area contributed by atoms with E-state index in [1.165, 1.54) is 6.42 Å². The molecule has 1 aliphatic carbocycles. The lowest BCUT2D eigenvalue weighted by molar-refractivity contribution is 0.114. The van der Waals surface area contributed by atoms with Crippen molar-refractivity contribution < 1.29 is 4.74 Å². The molecule has 1 heterocycles. The molecule has 1 aliphatic rings. The first-order valence-corrected chi connectivity index (χ1v) is 4.48. The maximum Gasteiger partial charge on any atom is 0.213 e. The van der Waals surface area contributed by atoms with Crippen LogP contribution in [0, 0.1) is 12.3 Å². The number of terminal acetylenes is 1. The van der Waals surface area contributed by atoms with Crippen LogP contribution < -0.4 is 4.74 Å². The van der Waals surface area contributed by atoms with E-state index in [0.29, 0.717) is 12.0 Å². The standard InChI is InChI=1S/C11H11NO/c1-2-9-6-7-11(12-8-9)13-10-4-3-5-10/h1,6-8,10H,3-5H2. The number of pyridine rings is 1. The van der Waals surface area contributed by atoms with Crippen molar-refractivity contribution in [2.45, 2.75) is 25.4 Å². The second-order valence-electron chi connectivity index (χ2n) is 3.20. The molecular weight excluding hydrogens is 162 g/mol. The highest BCUT2D eigenvalue weighted by Gasteiger charge is 2.19. The first kappa shape index (κ1) is 8.12. The van der Waals surface area contributed by atoms with Gasteiger partial charge in [0.05, 0.1) is 0 Å². The molecule has 1 fully saturated rings. The molecule has 0 spiro atoms. The van der Waals surface area contributed by atoms with Crippen LogP contribution >= 0.6 is 0 Å². The van der Waals surface area contributed by atoms with Gasteiger partial charge in [-0.15, -0.1) is 6.42 Å². The van der Waals surface area contributed by atoms with Crippen molar-refractivity contribution in [1.29, 1.82) is 0 Å². The van der Waals surface area contributed by atoms with Crippen molar-refractivity contribution in [1.82, 2.24) is 4.98 Å². The predicted molar refractivity (Wildman–Crippen MR) is 50.4 cm³/mol. The van der Waals surface area contributed by atoms with Gasteiger partial charge in [0.25, 0.3) is 0 Å². The molecule has 0 N–H and O–H groups in total. The normalized spacial score (nSPS) is 15.9. The molecule has 0 amide bonds. The Labute approximate surface area is 77.9 Å². The number of aromatic nitrogens is 1. The van der Waals surface area contributed by atoms with Gasteiger partial charge in [-0.05, 0) is 25.3 Å². The average Bonchev–Trinajstić information content (AvgIpc) is 2.12. The van der Waals surface area contributed by atoms with Crippen LogP contribution in [0.4, 0.5) is 0 Å². The first-order valence-electron chi connectivity index (χ1n) is 4.48. The van der Waals surface area contributed by atoms with Gasteiger partial charge in [0.15, 0.2) is 0 Å². The second kappa shape index (κ2) is 3.49. The molecule has 2 rings (SSSR count). The highest BCUT2D eigenvalue weighted by molar-refractivity contribution is 5.31. The summed E-state index contributed by atoms with van der Waals surface area (Å²) in [5.41, 5.74) is 0.793. The Hall–Kier alpha value is -1.49. The van der Waals surface area contributed by atoms with Gasteiger partial charge in [-0.1, -0.05) is 5.92 Å². The number of hydrogen-bond acceptors (Lipinski definition) is 2. The zero-order valence-corrected chi connectivity index (χ0v) is 7.36. The highest BCUT2D eigenvalue weighted by Crippen LogP contribution is 2.23. The van der Waals surface area contributed by atoms with Crippen LogP contribution in [-0.2, 0) is 0 Å². The van der Waals surface area contributed by atoms with E-state index in [1.807, 2.05) is 12.1 Å². The van der Waals surface area contributed by atoms with Gasteiger partial charge in [0.2, 0.25) is 5.88 Å². The van der Waals surface area contributed by atoms with Gasteiger partial charge in [0.1, 0.15) is 6.10 Å². The molecule has 0 radical (unpaired) electrons. The summed E-state index contributed by atoms with van der Waals surface area (Å²) in [7, 11) is 0. The monoisotopic (exact) mass is 173 g/mol. The topological polar surface area (TPSA) is 22.1 Å². The van der Waals surface area contributed by atoms with E-state index in [4.69, 9.17) is 11.2 Å². The fourth-order valence-electron chi connectivity index (χ4n) is 1.19. The van der Waals surface area contributed by atoms with Gasteiger partial charge in [0, 0.05) is 17.8 Å². The molecule has 1 aromatic rings. The SMILES string of the molecule is C#Cc1ccc(OC2CCC2)nc1. The van der Waals surface area contributed by atoms with Crippen LogP contribution in [0.15, 0.2) is 18.3 Å². The Kier molecular flexibility index (Phi) is 2.18. The third-order valence-corrected chi connectivity index (χ3v) is 2.24. The summed E-state index contributed by atoms with van der Waals surface area (Å²) in [6.45, 7) is 0. The van der Waals surface area contributed by atoms with Crippen LogP contribution in [0.2, 0.25) is 0 Å². The van der Waals surface area contributed by atoms with E-state index in [1.54, 1.807) is 6.20 Å². The summed E-state index contributed by atoms with van der Waals surface area (Å²) in [6, 6.07) is 3.68. The minimum absolute atomic E-state index is 0.379. The summed E-state index contributed by atoms with van der Waals surface area (Å²) >= 11 is 0. The van der Waals surface area contributed by atoms with Gasteiger partial charge in [-0.3, -0.25) is 0 Å². The van der Waals surface area contributed by atoms with Crippen LogP contribution in [0.25, 0.3) is 0 Å². The molecule has 0 saturated heterocycles. The van der Waals surface area contributed by atoms with Crippen LogP contribution in [-0.4, -0.2) is 11.1 Å². The van der Waals surface area contributed by atoms with Crippen LogP contribution in [0.5, 0.6) is 5.88 Å². The molecule has 2 heteroatoms. The van der Waals surface area contributed by atoms with Crippen molar-refractivity contribution in [3.63, 3.8) is 0 Å². The summed E-state index contributed by atoms with van der Waals surface area (Å²) < 4.78 is 5.57. The smallest absolute Gasteiger partial charge is 0.213 e. The van der Waals surface area contributed by atoms with Crippen molar-refractivity contribution in [2.24, 2.45) is 0 Å². The molecule has 13 heavy (non-hydrogen) atoms. The first-order chi connectivity index (χ1) is 6.38. The summed E-state index contributed by atoms with van der Waals surface area (Å²) in [5.74, 6) is 3.20. The Morgan fingerprint density at radius 1 is 1.46 bits per heavy atom. The maximum absolute atomic E-state index is 5.57. The molecule has 1 aromatic heterocycles. The van der Waals surface area contributed by atoms with E-state index in [0.717, 1.165) is 18.4 Å². The summed E-state index contributed by atoms with van der Waals surface area (Å²) in [4.78, 5) is 4.11. The Bertz CT molecular complexity index is 319. The molecule has 2 nitrogen and oxygen atoms in total. The van der Waals surface area contributed by atoms with Crippen molar-refractivity contribution in [3.05, 3.63) is 23.9 Å². The average molecular weight is 173 g/mol. The molecule has 0 atom stereocenters. The molecule has 0 bridgehead atoms. The largest absolute Gasteiger partial charge is 0.474 e. The lowest BCUT2D eigenvalue weighted by atomic mass is 9.96. The minimum atomic E-state index is 0.379. The fraction of sp³-hybridized carbons (Fsp3) is 0.364. The van der Waals surface area contributed by atoms with Gasteiger partial charge in [-0.25, -0.2) is 4.98 Å². The van der Waals surface area contributed by atoms with E-state index >= 15 is 0 Å². The number of nitrogens with zero attached hydrogens (tertiary/aromatic N) is 1.